The number of carbonyl (C=O) groups is 1. The Balaban J connectivity index is 2.45. The highest BCUT2D eigenvalue weighted by Crippen LogP contribution is 2.19. The first kappa shape index (κ1) is 14.4. The topological polar surface area (TPSA) is 60.2 Å². The zero-order valence-corrected chi connectivity index (χ0v) is 11.1. The van der Waals surface area contributed by atoms with E-state index >= 15 is 0 Å². The highest BCUT2D eigenvalue weighted by Gasteiger charge is 2.20. The molecule has 1 rings (SSSR count). The van der Waals surface area contributed by atoms with Gasteiger partial charge in [-0.15, -0.1) is 0 Å². The van der Waals surface area contributed by atoms with E-state index in [2.05, 4.69) is 0 Å². The summed E-state index contributed by atoms with van der Waals surface area (Å²) in [7, 11) is 0. The minimum atomic E-state index is -0.410. The maximum absolute atomic E-state index is 11.7. The van der Waals surface area contributed by atoms with Crippen LogP contribution in [0.3, 0.4) is 0 Å². The lowest BCUT2D eigenvalue weighted by Crippen LogP contribution is -2.19. The summed E-state index contributed by atoms with van der Waals surface area (Å²) in [6.45, 7) is 5.75. The van der Waals surface area contributed by atoms with E-state index in [0.717, 1.165) is 18.4 Å². The molecule has 0 saturated carbocycles. The third kappa shape index (κ3) is 4.28. The second kappa shape index (κ2) is 5.76. The molecule has 0 aromatic heterocycles. The third-order valence-corrected chi connectivity index (χ3v) is 2.85. The number of benzene rings is 1. The first-order valence-corrected chi connectivity index (χ1v) is 6.07. The zero-order valence-electron chi connectivity index (χ0n) is 11.1. The number of nitro groups is 1. The number of carbonyl (C=O) groups excluding carboxylic acids is 1. The van der Waals surface area contributed by atoms with E-state index in [9.17, 15) is 14.9 Å². The largest absolute Gasteiger partial charge is 0.299 e. The Bertz CT molecular complexity index is 429. The van der Waals surface area contributed by atoms with Crippen molar-refractivity contribution in [3.8, 4) is 0 Å². The molecular formula is C14H19NO3. The summed E-state index contributed by atoms with van der Waals surface area (Å²) in [5, 5.41) is 10.5. The smallest absolute Gasteiger partial charge is 0.269 e. The maximum Gasteiger partial charge on any atom is 0.269 e. The molecule has 0 heterocycles. The molecule has 1 aromatic rings. The standard InChI is InChI=1S/C14H19NO3/c1-14(2,3)13(16)6-4-5-11-7-9-12(10-8-11)15(17)18/h7-10H,4-6H2,1-3H3. The number of rotatable bonds is 5. The van der Waals surface area contributed by atoms with E-state index in [0.29, 0.717) is 6.42 Å². The van der Waals surface area contributed by atoms with Crippen molar-refractivity contribution in [3.63, 3.8) is 0 Å². The summed E-state index contributed by atoms with van der Waals surface area (Å²) in [6, 6.07) is 6.50. The van der Waals surface area contributed by atoms with Crippen LogP contribution in [-0.2, 0) is 11.2 Å². The van der Waals surface area contributed by atoms with Crippen LogP contribution in [-0.4, -0.2) is 10.7 Å². The Morgan fingerprint density at radius 1 is 1.22 bits per heavy atom. The Morgan fingerprint density at radius 2 is 1.78 bits per heavy atom. The van der Waals surface area contributed by atoms with Gasteiger partial charge in [0.05, 0.1) is 4.92 Å². The van der Waals surface area contributed by atoms with Crippen molar-refractivity contribution >= 4 is 11.5 Å². The summed E-state index contributed by atoms with van der Waals surface area (Å²) < 4.78 is 0. The van der Waals surface area contributed by atoms with Crippen molar-refractivity contribution in [1.82, 2.24) is 0 Å². The minimum Gasteiger partial charge on any atom is -0.299 e. The molecule has 0 aliphatic rings. The molecule has 0 spiro atoms. The molecule has 0 unspecified atom stereocenters. The molecular weight excluding hydrogens is 230 g/mol. The summed E-state index contributed by atoms with van der Waals surface area (Å²) in [4.78, 5) is 21.8. The van der Waals surface area contributed by atoms with Gasteiger partial charge >= 0.3 is 0 Å². The van der Waals surface area contributed by atoms with Gasteiger partial charge in [0.25, 0.3) is 5.69 Å². The molecule has 0 atom stereocenters. The number of nitro benzene ring substituents is 1. The van der Waals surface area contributed by atoms with Crippen molar-refractivity contribution in [2.75, 3.05) is 0 Å². The number of aryl methyl sites for hydroxylation is 1. The number of hydrogen-bond donors (Lipinski definition) is 0. The van der Waals surface area contributed by atoms with E-state index < -0.39 is 4.92 Å². The number of ketones is 1. The van der Waals surface area contributed by atoms with Gasteiger partial charge in [0, 0.05) is 24.0 Å². The molecule has 0 N–H and O–H groups in total. The molecule has 4 heteroatoms. The van der Waals surface area contributed by atoms with Gasteiger partial charge in [-0.3, -0.25) is 14.9 Å². The van der Waals surface area contributed by atoms with E-state index in [1.165, 1.54) is 12.1 Å². The van der Waals surface area contributed by atoms with Crippen molar-refractivity contribution in [3.05, 3.63) is 39.9 Å². The lowest BCUT2D eigenvalue weighted by Gasteiger charge is -2.16. The van der Waals surface area contributed by atoms with E-state index in [4.69, 9.17) is 0 Å². The average Bonchev–Trinajstić information content (AvgIpc) is 2.28. The van der Waals surface area contributed by atoms with Crippen LogP contribution in [0.4, 0.5) is 5.69 Å². The highest BCUT2D eigenvalue weighted by atomic mass is 16.6. The Hall–Kier alpha value is -1.71. The summed E-state index contributed by atoms with van der Waals surface area (Å²) >= 11 is 0. The van der Waals surface area contributed by atoms with Gasteiger partial charge in [-0.1, -0.05) is 32.9 Å². The first-order chi connectivity index (χ1) is 8.30. The van der Waals surface area contributed by atoms with Crippen molar-refractivity contribution in [2.45, 2.75) is 40.0 Å². The quantitative estimate of drug-likeness (QED) is 0.592. The fraction of sp³-hybridized carbons (Fsp3) is 0.500. The van der Waals surface area contributed by atoms with Gasteiger partial charge in [-0.05, 0) is 18.4 Å². The monoisotopic (exact) mass is 249 g/mol. The average molecular weight is 249 g/mol. The van der Waals surface area contributed by atoms with Gasteiger partial charge in [0.2, 0.25) is 0 Å². The van der Waals surface area contributed by atoms with E-state index in [1.54, 1.807) is 12.1 Å². The fourth-order valence-electron chi connectivity index (χ4n) is 1.61. The van der Waals surface area contributed by atoms with E-state index in [-0.39, 0.29) is 16.9 Å². The molecule has 18 heavy (non-hydrogen) atoms. The van der Waals surface area contributed by atoms with Crippen LogP contribution in [0.2, 0.25) is 0 Å². The van der Waals surface area contributed by atoms with Crippen LogP contribution in [0.25, 0.3) is 0 Å². The van der Waals surface area contributed by atoms with Crippen LogP contribution in [0.15, 0.2) is 24.3 Å². The predicted octanol–water partition coefficient (Wildman–Crippen LogP) is 3.53. The van der Waals surface area contributed by atoms with E-state index in [1.807, 2.05) is 20.8 Å². The Kier molecular flexibility index (Phi) is 4.59. The van der Waals surface area contributed by atoms with Crippen LogP contribution < -0.4 is 0 Å². The van der Waals surface area contributed by atoms with Gasteiger partial charge in [-0.25, -0.2) is 0 Å². The maximum atomic E-state index is 11.7. The van der Waals surface area contributed by atoms with Gasteiger partial charge in [0.1, 0.15) is 5.78 Å². The molecule has 0 amide bonds. The number of hydrogen-bond acceptors (Lipinski definition) is 3. The summed E-state index contributed by atoms with van der Waals surface area (Å²) in [5.41, 5.74) is 0.849. The number of nitrogens with zero attached hydrogens (tertiary/aromatic N) is 1. The molecule has 0 bridgehead atoms. The highest BCUT2D eigenvalue weighted by molar-refractivity contribution is 5.83. The third-order valence-electron chi connectivity index (χ3n) is 2.85. The molecule has 4 nitrogen and oxygen atoms in total. The van der Waals surface area contributed by atoms with Crippen molar-refractivity contribution in [1.29, 1.82) is 0 Å². The number of Topliss-reactive ketones (excluding diaryl/α,β-unsaturated/α-hetero) is 1. The Labute approximate surface area is 107 Å². The lowest BCUT2D eigenvalue weighted by atomic mass is 9.87. The molecule has 0 saturated heterocycles. The number of non-ortho nitro benzene ring substituents is 1. The molecule has 0 fully saturated rings. The second-order valence-corrected chi connectivity index (χ2v) is 5.45. The summed E-state index contributed by atoms with van der Waals surface area (Å²) in [6.07, 6.45) is 2.12. The summed E-state index contributed by atoms with van der Waals surface area (Å²) in [5.74, 6) is 0.254. The molecule has 98 valence electrons. The molecule has 0 aliphatic carbocycles. The molecule has 0 aliphatic heterocycles. The SMILES string of the molecule is CC(C)(C)C(=O)CCCc1ccc([N+](=O)[O-])cc1. The second-order valence-electron chi connectivity index (χ2n) is 5.45. The minimum absolute atomic E-state index is 0.101. The predicted molar refractivity (Wildman–Crippen MR) is 70.5 cm³/mol. The normalized spacial score (nSPS) is 11.3. The Morgan fingerprint density at radius 3 is 2.22 bits per heavy atom. The zero-order chi connectivity index (χ0) is 13.8. The van der Waals surface area contributed by atoms with Crippen molar-refractivity contribution in [2.24, 2.45) is 5.41 Å². The fourth-order valence-corrected chi connectivity index (χ4v) is 1.61. The first-order valence-electron chi connectivity index (χ1n) is 6.07. The van der Waals surface area contributed by atoms with Crippen LogP contribution in [0.1, 0.15) is 39.2 Å². The van der Waals surface area contributed by atoms with Crippen LogP contribution in [0.5, 0.6) is 0 Å². The van der Waals surface area contributed by atoms with Crippen molar-refractivity contribution < 1.29 is 9.72 Å². The van der Waals surface area contributed by atoms with Gasteiger partial charge in [0.15, 0.2) is 0 Å². The van der Waals surface area contributed by atoms with Gasteiger partial charge in [-0.2, -0.15) is 0 Å². The van der Waals surface area contributed by atoms with Gasteiger partial charge < -0.3 is 0 Å². The lowest BCUT2D eigenvalue weighted by molar-refractivity contribution is -0.384. The molecule has 1 aromatic carbocycles. The van der Waals surface area contributed by atoms with Crippen LogP contribution in [0, 0.1) is 15.5 Å². The molecule has 0 radical (unpaired) electrons. The van der Waals surface area contributed by atoms with Crippen LogP contribution >= 0.6 is 0 Å².